The van der Waals surface area contributed by atoms with E-state index in [4.69, 9.17) is 4.99 Å². The zero-order valence-electron chi connectivity index (χ0n) is 14.8. The summed E-state index contributed by atoms with van der Waals surface area (Å²) in [5.74, 6) is 0. The van der Waals surface area contributed by atoms with Gasteiger partial charge in [0.2, 0.25) is 0 Å². The fourth-order valence-corrected chi connectivity index (χ4v) is 2.46. The lowest BCUT2D eigenvalue weighted by Crippen LogP contribution is -2.06. The normalized spacial score (nSPS) is 10.9. The summed E-state index contributed by atoms with van der Waals surface area (Å²) in [7, 11) is 0. The van der Waals surface area contributed by atoms with Gasteiger partial charge < -0.3 is 5.11 Å². The Bertz CT molecular complexity index is 617. The van der Waals surface area contributed by atoms with Crippen LogP contribution >= 0.6 is 0 Å². The number of aliphatic imine (C=N–C) groups is 1. The van der Waals surface area contributed by atoms with Crippen molar-refractivity contribution < 1.29 is 5.11 Å². The van der Waals surface area contributed by atoms with E-state index in [2.05, 4.69) is 38.1 Å². The minimum absolute atomic E-state index is 0.167. The molecule has 0 heterocycles. The summed E-state index contributed by atoms with van der Waals surface area (Å²) >= 11 is 0. The number of aryl methyl sites for hydroxylation is 1. The Morgan fingerprint density at radius 2 is 1.65 bits per heavy atom. The van der Waals surface area contributed by atoms with Crippen molar-refractivity contribution >= 4 is 11.4 Å². The monoisotopic (exact) mass is 311 g/mol. The van der Waals surface area contributed by atoms with Gasteiger partial charge in [0.1, 0.15) is 0 Å². The van der Waals surface area contributed by atoms with E-state index in [0.29, 0.717) is 6.42 Å². The highest BCUT2D eigenvalue weighted by molar-refractivity contribution is 6.03. The number of hydrogen-bond donors (Lipinski definition) is 1. The molecule has 2 heteroatoms. The molecule has 2 nitrogen and oxygen atoms in total. The van der Waals surface area contributed by atoms with Crippen LogP contribution in [0.1, 0.15) is 50.3 Å². The van der Waals surface area contributed by atoms with Crippen molar-refractivity contribution in [2.24, 2.45) is 4.99 Å². The van der Waals surface area contributed by atoms with Crippen LogP contribution in [-0.4, -0.2) is 17.4 Å². The second-order valence-corrected chi connectivity index (χ2v) is 5.23. The van der Waals surface area contributed by atoms with Gasteiger partial charge in [0.05, 0.1) is 5.69 Å². The first kappa shape index (κ1) is 19.1. The molecule has 0 saturated carbocycles. The standard InChI is InChI=1S/C19H23NO.C2H6/c1-3-8-19(20-18-12-7-4-9-15(18)2)17-11-6-5-10-16(17)13-14-21;1-2/h4-7,9-12,21H,3,8,13-14H2,1-2H3;1-2H3. The topological polar surface area (TPSA) is 32.6 Å². The lowest BCUT2D eigenvalue weighted by Gasteiger charge is -2.12. The summed E-state index contributed by atoms with van der Waals surface area (Å²) in [6, 6.07) is 16.4. The van der Waals surface area contributed by atoms with Gasteiger partial charge in [0, 0.05) is 12.3 Å². The van der Waals surface area contributed by atoms with Gasteiger partial charge >= 0.3 is 0 Å². The lowest BCUT2D eigenvalue weighted by molar-refractivity contribution is 0.299. The van der Waals surface area contributed by atoms with Crippen LogP contribution in [0.15, 0.2) is 53.5 Å². The Hall–Kier alpha value is -1.93. The Morgan fingerprint density at radius 1 is 1.00 bits per heavy atom. The average molecular weight is 311 g/mol. The van der Waals surface area contributed by atoms with Gasteiger partial charge in [-0.15, -0.1) is 0 Å². The molecule has 0 atom stereocenters. The van der Waals surface area contributed by atoms with Crippen LogP contribution in [0.5, 0.6) is 0 Å². The molecule has 2 aromatic rings. The van der Waals surface area contributed by atoms with Crippen LogP contribution in [0.4, 0.5) is 5.69 Å². The first-order valence-corrected chi connectivity index (χ1v) is 8.58. The molecule has 0 aliphatic heterocycles. The van der Waals surface area contributed by atoms with Crippen molar-refractivity contribution in [3.05, 3.63) is 65.2 Å². The number of aliphatic hydroxyl groups excluding tert-OH is 1. The molecule has 2 aromatic carbocycles. The Labute approximate surface area is 140 Å². The molecule has 2 rings (SSSR count). The SMILES string of the molecule is CC.CCCC(=Nc1ccccc1C)c1ccccc1CCO. The van der Waals surface area contributed by atoms with Gasteiger partial charge in [0.25, 0.3) is 0 Å². The van der Waals surface area contributed by atoms with E-state index in [1.165, 1.54) is 11.1 Å². The molecule has 0 aliphatic rings. The maximum absolute atomic E-state index is 9.25. The van der Waals surface area contributed by atoms with Crippen LogP contribution in [0.25, 0.3) is 0 Å². The third-order valence-electron chi connectivity index (χ3n) is 3.57. The summed E-state index contributed by atoms with van der Waals surface area (Å²) in [6.45, 7) is 8.42. The Kier molecular flexibility index (Phi) is 8.93. The second-order valence-electron chi connectivity index (χ2n) is 5.23. The third-order valence-corrected chi connectivity index (χ3v) is 3.57. The predicted octanol–water partition coefficient (Wildman–Crippen LogP) is 5.48. The molecule has 0 aliphatic carbocycles. The molecular formula is C21H29NO. The predicted molar refractivity (Wildman–Crippen MR) is 101 cm³/mol. The summed E-state index contributed by atoms with van der Waals surface area (Å²) in [4.78, 5) is 4.90. The van der Waals surface area contributed by atoms with Gasteiger partial charge in [0.15, 0.2) is 0 Å². The van der Waals surface area contributed by atoms with E-state index in [9.17, 15) is 5.11 Å². The molecule has 0 radical (unpaired) electrons. The van der Waals surface area contributed by atoms with E-state index >= 15 is 0 Å². The van der Waals surface area contributed by atoms with Crippen LogP contribution in [0.2, 0.25) is 0 Å². The Balaban J connectivity index is 0.00000127. The van der Waals surface area contributed by atoms with E-state index in [0.717, 1.165) is 29.8 Å². The number of hydrogen-bond acceptors (Lipinski definition) is 2. The van der Waals surface area contributed by atoms with Crippen molar-refractivity contribution in [3.8, 4) is 0 Å². The van der Waals surface area contributed by atoms with E-state index in [1.807, 2.05) is 38.1 Å². The van der Waals surface area contributed by atoms with Crippen molar-refractivity contribution in [2.45, 2.75) is 47.0 Å². The molecule has 0 amide bonds. The fraction of sp³-hybridized carbons (Fsp3) is 0.381. The molecule has 0 aromatic heterocycles. The van der Waals surface area contributed by atoms with Gasteiger partial charge in [-0.25, -0.2) is 0 Å². The highest BCUT2D eigenvalue weighted by Gasteiger charge is 2.09. The maximum atomic E-state index is 9.25. The molecule has 0 bridgehead atoms. The van der Waals surface area contributed by atoms with E-state index in [-0.39, 0.29) is 6.61 Å². The number of aliphatic hydroxyl groups is 1. The minimum Gasteiger partial charge on any atom is -0.396 e. The largest absolute Gasteiger partial charge is 0.396 e. The van der Waals surface area contributed by atoms with Gasteiger partial charge in [-0.05, 0) is 42.5 Å². The third kappa shape index (κ3) is 5.65. The highest BCUT2D eigenvalue weighted by Crippen LogP contribution is 2.22. The van der Waals surface area contributed by atoms with E-state index in [1.54, 1.807) is 0 Å². The molecule has 1 N–H and O–H groups in total. The van der Waals surface area contributed by atoms with Crippen molar-refractivity contribution in [3.63, 3.8) is 0 Å². The molecule has 23 heavy (non-hydrogen) atoms. The van der Waals surface area contributed by atoms with Crippen molar-refractivity contribution in [1.82, 2.24) is 0 Å². The first-order valence-electron chi connectivity index (χ1n) is 8.58. The van der Waals surface area contributed by atoms with E-state index < -0.39 is 0 Å². The van der Waals surface area contributed by atoms with Crippen LogP contribution in [0.3, 0.4) is 0 Å². The van der Waals surface area contributed by atoms with Gasteiger partial charge in [-0.1, -0.05) is 69.7 Å². The highest BCUT2D eigenvalue weighted by atomic mass is 16.2. The quantitative estimate of drug-likeness (QED) is 0.704. The summed E-state index contributed by atoms with van der Waals surface area (Å²) in [5.41, 5.74) is 5.65. The molecule has 0 unspecified atom stereocenters. The van der Waals surface area contributed by atoms with Crippen LogP contribution in [-0.2, 0) is 6.42 Å². The van der Waals surface area contributed by atoms with Crippen LogP contribution in [0, 0.1) is 6.92 Å². The molecule has 124 valence electrons. The molecular weight excluding hydrogens is 282 g/mol. The maximum Gasteiger partial charge on any atom is 0.0662 e. The number of nitrogens with zero attached hydrogens (tertiary/aromatic N) is 1. The van der Waals surface area contributed by atoms with Gasteiger partial charge in [-0.2, -0.15) is 0 Å². The lowest BCUT2D eigenvalue weighted by atomic mass is 9.98. The average Bonchev–Trinajstić information content (AvgIpc) is 2.59. The number of benzene rings is 2. The first-order chi connectivity index (χ1) is 11.3. The zero-order chi connectivity index (χ0) is 17.1. The zero-order valence-corrected chi connectivity index (χ0v) is 14.8. The van der Waals surface area contributed by atoms with Crippen molar-refractivity contribution in [1.29, 1.82) is 0 Å². The molecule has 0 fully saturated rings. The summed E-state index contributed by atoms with van der Waals surface area (Å²) in [5, 5.41) is 9.25. The number of rotatable bonds is 6. The van der Waals surface area contributed by atoms with Crippen molar-refractivity contribution in [2.75, 3.05) is 6.61 Å². The molecule has 0 saturated heterocycles. The molecule has 0 spiro atoms. The van der Waals surface area contributed by atoms with Gasteiger partial charge in [-0.3, -0.25) is 4.99 Å². The summed E-state index contributed by atoms with van der Waals surface area (Å²) in [6.07, 6.45) is 2.67. The fourth-order valence-electron chi connectivity index (χ4n) is 2.46. The smallest absolute Gasteiger partial charge is 0.0662 e. The Morgan fingerprint density at radius 3 is 2.30 bits per heavy atom. The second kappa shape index (κ2) is 10.7. The minimum atomic E-state index is 0.167. The van der Waals surface area contributed by atoms with Crippen LogP contribution < -0.4 is 0 Å². The number of para-hydroxylation sites is 1. The summed E-state index contributed by atoms with van der Waals surface area (Å²) < 4.78 is 0.